The van der Waals surface area contributed by atoms with Crippen molar-refractivity contribution in [1.82, 2.24) is 4.90 Å². The Hall–Kier alpha value is -1.85. The Morgan fingerprint density at radius 1 is 0.889 bits per heavy atom. The van der Waals surface area contributed by atoms with E-state index in [4.69, 9.17) is 4.74 Å². The van der Waals surface area contributed by atoms with Gasteiger partial charge in [-0.3, -0.25) is 4.79 Å². The Morgan fingerprint density at radius 3 is 2.15 bits per heavy atom. The fourth-order valence-electron chi connectivity index (χ4n) is 4.22. The minimum atomic E-state index is -0.451. The van der Waals surface area contributed by atoms with Gasteiger partial charge in [0.05, 0.1) is 5.41 Å². The van der Waals surface area contributed by atoms with Gasteiger partial charge in [0.1, 0.15) is 0 Å². The quantitative estimate of drug-likeness (QED) is 0.743. The first-order valence-electron chi connectivity index (χ1n) is 9.62. The molecule has 2 fully saturated rings. The first-order valence-corrected chi connectivity index (χ1v) is 10.4. The number of para-hydroxylation sites is 1. The van der Waals surface area contributed by atoms with E-state index in [2.05, 4.69) is 62.1 Å². The number of halogens is 1. The van der Waals surface area contributed by atoms with Gasteiger partial charge in [0.25, 0.3) is 0 Å². The number of carbonyl (C=O) groups excluding carboxylic acids is 1. The number of rotatable bonds is 3. The summed E-state index contributed by atoms with van der Waals surface area (Å²) < 4.78 is 6.63. The molecule has 0 atom stereocenters. The average molecular weight is 429 g/mol. The van der Waals surface area contributed by atoms with Crippen LogP contribution in [0.15, 0.2) is 59.1 Å². The van der Waals surface area contributed by atoms with Gasteiger partial charge in [0.15, 0.2) is 0 Å². The molecule has 2 aromatic carbocycles. The van der Waals surface area contributed by atoms with E-state index in [0.717, 1.165) is 49.1 Å². The number of anilines is 1. The molecule has 4 rings (SSSR count). The van der Waals surface area contributed by atoms with Gasteiger partial charge in [-0.1, -0.05) is 46.3 Å². The zero-order valence-corrected chi connectivity index (χ0v) is 17.0. The van der Waals surface area contributed by atoms with Crippen molar-refractivity contribution in [3.63, 3.8) is 0 Å². The maximum absolute atomic E-state index is 13.6. The SMILES string of the molecule is O=C(N1CCN(c2ccccc2)CC1)C1(c2ccc(Br)cc2)CCOCC1. The molecule has 0 bridgehead atoms. The van der Waals surface area contributed by atoms with E-state index in [1.807, 2.05) is 18.2 Å². The van der Waals surface area contributed by atoms with Crippen LogP contribution >= 0.6 is 15.9 Å². The highest BCUT2D eigenvalue weighted by Crippen LogP contribution is 2.37. The molecule has 27 heavy (non-hydrogen) atoms. The van der Waals surface area contributed by atoms with Crippen molar-refractivity contribution in [3.8, 4) is 0 Å². The molecule has 1 amide bonds. The number of carbonyl (C=O) groups is 1. The molecule has 5 heteroatoms. The molecular weight excluding hydrogens is 404 g/mol. The van der Waals surface area contributed by atoms with Crippen LogP contribution in [0.1, 0.15) is 18.4 Å². The lowest BCUT2D eigenvalue weighted by Crippen LogP contribution is -2.56. The number of ether oxygens (including phenoxy) is 1. The molecule has 0 spiro atoms. The molecule has 2 aliphatic rings. The number of amides is 1. The summed E-state index contributed by atoms with van der Waals surface area (Å²) >= 11 is 3.50. The molecule has 2 saturated heterocycles. The summed E-state index contributed by atoms with van der Waals surface area (Å²) in [6.07, 6.45) is 1.51. The zero-order chi connectivity index (χ0) is 18.7. The fourth-order valence-corrected chi connectivity index (χ4v) is 4.49. The maximum atomic E-state index is 13.6. The van der Waals surface area contributed by atoms with Crippen molar-refractivity contribution in [2.24, 2.45) is 0 Å². The van der Waals surface area contributed by atoms with Crippen molar-refractivity contribution in [2.45, 2.75) is 18.3 Å². The lowest BCUT2D eigenvalue weighted by atomic mass is 9.73. The zero-order valence-electron chi connectivity index (χ0n) is 15.4. The van der Waals surface area contributed by atoms with Gasteiger partial charge in [-0.2, -0.15) is 0 Å². The molecular formula is C22H25BrN2O2. The summed E-state index contributed by atoms with van der Waals surface area (Å²) in [7, 11) is 0. The van der Waals surface area contributed by atoms with E-state index in [0.29, 0.717) is 13.2 Å². The highest BCUT2D eigenvalue weighted by atomic mass is 79.9. The predicted octanol–water partition coefficient (Wildman–Crippen LogP) is 3.85. The smallest absolute Gasteiger partial charge is 0.233 e. The van der Waals surface area contributed by atoms with E-state index in [1.54, 1.807) is 0 Å². The highest BCUT2D eigenvalue weighted by molar-refractivity contribution is 9.10. The van der Waals surface area contributed by atoms with Crippen molar-refractivity contribution >= 4 is 27.5 Å². The van der Waals surface area contributed by atoms with E-state index in [-0.39, 0.29) is 5.91 Å². The van der Waals surface area contributed by atoms with Crippen LogP contribution in [0.4, 0.5) is 5.69 Å². The maximum Gasteiger partial charge on any atom is 0.233 e. The van der Waals surface area contributed by atoms with Crippen LogP contribution in [0.25, 0.3) is 0 Å². The van der Waals surface area contributed by atoms with Crippen LogP contribution in [0.3, 0.4) is 0 Å². The van der Waals surface area contributed by atoms with Gasteiger partial charge >= 0.3 is 0 Å². The number of hydrogen-bond donors (Lipinski definition) is 0. The number of nitrogens with zero attached hydrogens (tertiary/aromatic N) is 2. The Bertz CT molecular complexity index is 765. The van der Waals surface area contributed by atoms with Crippen molar-refractivity contribution in [2.75, 3.05) is 44.3 Å². The molecule has 0 saturated carbocycles. The first kappa shape index (κ1) is 18.5. The second-order valence-electron chi connectivity index (χ2n) is 7.32. The number of piperazine rings is 1. The third-order valence-corrected chi connectivity index (χ3v) is 6.37. The average Bonchev–Trinajstić information content (AvgIpc) is 2.75. The number of hydrogen-bond acceptors (Lipinski definition) is 3. The topological polar surface area (TPSA) is 32.8 Å². The Labute approximate surface area is 169 Å². The van der Waals surface area contributed by atoms with E-state index >= 15 is 0 Å². The molecule has 2 heterocycles. The molecule has 0 radical (unpaired) electrons. The van der Waals surface area contributed by atoms with Crippen molar-refractivity contribution < 1.29 is 9.53 Å². The predicted molar refractivity (Wildman–Crippen MR) is 111 cm³/mol. The highest BCUT2D eigenvalue weighted by Gasteiger charge is 2.44. The summed E-state index contributed by atoms with van der Waals surface area (Å²) in [5.41, 5.74) is 1.90. The Morgan fingerprint density at radius 2 is 1.52 bits per heavy atom. The van der Waals surface area contributed by atoms with E-state index in [1.165, 1.54) is 5.69 Å². The van der Waals surface area contributed by atoms with Gasteiger partial charge in [-0.15, -0.1) is 0 Å². The van der Waals surface area contributed by atoms with E-state index in [9.17, 15) is 4.79 Å². The minimum absolute atomic E-state index is 0.265. The number of benzene rings is 2. The molecule has 0 N–H and O–H groups in total. The fraction of sp³-hybridized carbons (Fsp3) is 0.409. The lowest BCUT2D eigenvalue weighted by molar-refractivity contribution is -0.141. The molecule has 0 aliphatic carbocycles. The lowest BCUT2D eigenvalue weighted by Gasteiger charge is -2.43. The van der Waals surface area contributed by atoms with Crippen molar-refractivity contribution in [3.05, 3.63) is 64.6 Å². The third kappa shape index (κ3) is 3.76. The second-order valence-corrected chi connectivity index (χ2v) is 8.23. The summed E-state index contributed by atoms with van der Waals surface area (Å²) in [4.78, 5) is 18.1. The van der Waals surface area contributed by atoms with Crippen LogP contribution in [0.5, 0.6) is 0 Å². The minimum Gasteiger partial charge on any atom is -0.381 e. The van der Waals surface area contributed by atoms with Gasteiger partial charge in [0.2, 0.25) is 5.91 Å². The Kier molecular flexibility index (Phi) is 5.50. The van der Waals surface area contributed by atoms with E-state index < -0.39 is 5.41 Å². The molecule has 2 aromatic rings. The van der Waals surface area contributed by atoms with Crippen LogP contribution < -0.4 is 4.90 Å². The van der Waals surface area contributed by atoms with Gasteiger partial charge < -0.3 is 14.5 Å². The largest absolute Gasteiger partial charge is 0.381 e. The first-order chi connectivity index (χ1) is 13.2. The standard InChI is InChI=1S/C22H25BrN2O2/c23-19-8-6-18(7-9-19)22(10-16-27-17-11-22)21(26)25-14-12-24(13-15-25)20-4-2-1-3-5-20/h1-9H,10-17H2. The molecule has 4 nitrogen and oxygen atoms in total. The molecule has 2 aliphatic heterocycles. The van der Waals surface area contributed by atoms with Gasteiger partial charge in [-0.25, -0.2) is 0 Å². The van der Waals surface area contributed by atoms with Crippen LogP contribution in [0, 0.1) is 0 Å². The third-order valence-electron chi connectivity index (χ3n) is 5.84. The molecule has 142 valence electrons. The summed E-state index contributed by atoms with van der Waals surface area (Å²) in [6, 6.07) is 18.7. The molecule has 0 unspecified atom stereocenters. The van der Waals surface area contributed by atoms with Crippen LogP contribution in [-0.4, -0.2) is 50.2 Å². The second kappa shape index (κ2) is 8.03. The molecule has 0 aromatic heterocycles. The summed E-state index contributed by atoms with van der Waals surface area (Å²) in [5, 5.41) is 0. The van der Waals surface area contributed by atoms with Gasteiger partial charge in [0, 0.05) is 49.6 Å². The van der Waals surface area contributed by atoms with Crippen LogP contribution in [0.2, 0.25) is 0 Å². The summed E-state index contributed by atoms with van der Waals surface area (Å²) in [5.74, 6) is 0.265. The Balaban J connectivity index is 1.52. The normalized spacial score (nSPS) is 19.7. The van der Waals surface area contributed by atoms with Crippen molar-refractivity contribution in [1.29, 1.82) is 0 Å². The summed E-state index contributed by atoms with van der Waals surface area (Å²) in [6.45, 7) is 4.59. The van der Waals surface area contributed by atoms with Crippen LogP contribution in [-0.2, 0) is 14.9 Å². The van der Waals surface area contributed by atoms with Gasteiger partial charge in [-0.05, 0) is 42.7 Å². The monoisotopic (exact) mass is 428 g/mol.